The summed E-state index contributed by atoms with van der Waals surface area (Å²) in [6, 6.07) is 11.9. The first-order valence-electron chi connectivity index (χ1n) is 7.31. The van der Waals surface area contributed by atoms with Crippen molar-refractivity contribution in [1.29, 1.82) is 0 Å². The minimum atomic E-state index is -0.589. The van der Waals surface area contributed by atoms with Crippen LogP contribution in [0.2, 0.25) is 0 Å². The fourth-order valence-corrected chi connectivity index (χ4v) is 2.28. The zero-order chi connectivity index (χ0) is 18.0. The molecule has 1 heterocycles. The average molecular weight is 338 g/mol. The third-order valence-electron chi connectivity index (χ3n) is 3.59. The van der Waals surface area contributed by atoms with E-state index in [2.05, 4.69) is 5.32 Å². The molecule has 0 spiro atoms. The lowest BCUT2D eigenvalue weighted by Gasteiger charge is -2.07. The fourth-order valence-electron chi connectivity index (χ4n) is 2.28. The Hall–Kier alpha value is -3.61. The Morgan fingerprint density at radius 1 is 1.08 bits per heavy atom. The van der Waals surface area contributed by atoms with Gasteiger partial charge < -0.3 is 20.2 Å². The van der Waals surface area contributed by atoms with Crippen LogP contribution in [0.1, 0.15) is 20.9 Å². The van der Waals surface area contributed by atoms with Gasteiger partial charge in [0.1, 0.15) is 11.3 Å². The number of hydrogen-bond donors (Lipinski definition) is 2. The van der Waals surface area contributed by atoms with E-state index in [1.165, 1.54) is 37.4 Å². The van der Waals surface area contributed by atoms with Crippen LogP contribution in [-0.4, -0.2) is 18.9 Å². The van der Waals surface area contributed by atoms with Gasteiger partial charge in [-0.3, -0.25) is 14.4 Å². The molecule has 0 saturated carbocycles. The van der Waals surface area contributed by atoms with Gasteiger partial charge in [0, 0.05) is 23.4 Å². The number of nitrogens with one attached hydrogen (secondary N) is 1. The van der Waals surface area contributed by atoms with Crippen molar-refractivity contribution >= 4 is 28.5 Å². The molecule has 2 amide bonds. The van der Waals surface area contributed by atoms with Crippen molar-refractivity contribution in [2.24, 2.45) is 5.73 Å². The van der Waals surface area contributed by atoms with Gasteiger partial charge in [-0.05, 0) is 36.4 Å². The number of fused-ring (bicyclic) bond motifs is 1. The number of methoxy groups -OCH3 is 1. The average Bonchev–Trinajstić information content (AvgIpc) is 2.61. The quantitative estimate of drug-likeness (QED) is 0.757. The van der Waals surface area contributed by atoms with Crippen molar-refractivity contribution in [2.75, 3.05) is 12.4 Å². The monoisotopic (exact) mass is 338 g/mol. The molecule has 0 aliphatic rings. The first-order chi connectivity index (χ1) is 12.0. The molecule has 2 aromatic carbocycles. The lowest BCUT2D eigenvalue weighted by Crippen LogP contribution is -2.15. The molecule has 3 N–H and O–H groups in total. The zero-order valence-electron chi connectivity index (χ0n) is 13.2. The number of benzene rings is 2. The summed E-state index contributed by atoms with van der Waals surface area (Å²) in [5.41, 5.74) is 5.83. The van der Waals surface area contributed by atoms with Crippen LogP contribution < -0.4 is 21.2 Å². The second-order valence-electron chi connectivity index (χ2n) is 5.23. The molecule has 1 aromatic heterocycles. The summed E-state index contributed by atoms with van der Waals surface area (Å²) in [6.45, 7) is 0. The maximum atomic E-state index is 12.3. The molecule has 0 fully saturated rings. The molecule has 3 aromatic rings. The highest BCUT2D eigenvalue weighted by atomic mass is 16.5. The van der Waals surface area contributed by atoms with Gasteiger partial charge in [0.15, 0.2) is 11.2 Å². The first-order valence-corrected chi connectivity index (χ1v) is 7.31. The summed E-state index contributed by atoms with van der Waals surface area (Å²) < 4.78 is 10.6. The SMILES string of the molecule is COc1ccc2c(=O)cc(C(=O)Nc3ccc(C(N)=O)cc3)oc2c1. The third-order valence-corrected chi connectivity index (χ3v) is 3.59. The summed E-state index contributed by atoms with van der Waals surface area (Å²) in [6.07, 6.45) is 0. The molecule has 25 heavy (non-hydrogen) atoms. The van der Waals surface area contributed by atoms with E-state index in [-0.39, 0.29) is 16.8 Å². The van der Waals surface area contributed by atoms with E-state index in [1.807, 2.05) is 0 Å². The predicted octanol–water partition coefficient (Wildman–Crippen LogP) is 2.15. The summed E-state index contributed by atoms with van der Waals surface area (Å²) in [4.78, 5) is 35.5. The van der Waals surface area contributed by atoms with Gasteiger partial charge in [0.05, 0.1) is 12.5 Å². The Morgan fingerprint density at radius 3 is 2.44 bits per heavy atom. The molecular weight excluding hydrogens is 324 g/mol. The smallest absolute Gasteiger partial charge is 0.291 e. The number of carbonyl (C=O) groups excluding carboxylic acids is 2. The largest absolute Gasteiger partial charge is 0.497 e. The minimum Gasteiger partial charge on any atom is -0.497 e. The first kappa shape index (κ1) is 16.3. The topological polar surface area (TPSA) is 112 Å². The van der Waals surface area contributed by atoms with Crippen molar-refractivity contribution in [2.45, 2.75) is 0 Å². The van der Waals surface area contributed by atoms with Crippen LogP contribution in [-0.2, 0) is 0 Å². The summed E-state index contributed by atoms with van der Waals surface area (Å²) in [7, 11) is 1.49. The number of rotatable bonds is 4. The number of ether oxygens (including phenoxy) is 1. The van der Waals surface area contributed by atoms with E-state index in [1.54, 1.807) is 12.1 Å². The van der Waals surface area contributed by atoms with Gasteiger partial charge in [-0.1, -0.05) is 0 Å². The highest BCUT2D eigenvalue weighted by Crippen LogP contribution is 2.20. The molecule has 3 rings (SSSR count). The zero-order valence-corrected chi connectivity index (χ0v) is 13.2. The van der Waals surface area contributed by atoms with Crippen LogP contribution in [0, 0.1) is 0 Å². The van der Waals surface area contributed by atoms with E-state index in [0.29, 0.717) is 22.4 Å². The Labute approximate surface area is 142 Å². The lowest BCUT2D eigenvalue weighted by molar-refractivity contribution is 0.0992. The normalized spacial score (nSPS) is 10.4. The molecule has 0 aliphatic carbocycles. The second kappa shape index (κ2) is 6.48. The summed E-state index contributed by atoms with van der Waals surface area (Å²) in [5, 5.41) is 2.94. The Kier molecular flexibility index (Phi) is 4.21. The van der Waals surface area contributed by atoms with E-state index in [4.69, 9.17) is 14.9 Å². The highest BCUT2D eigenvalue weighted by Gasteiger charge is 2.13. The summed E-state index contributed by atoms with van der Waals surface area (Å²) in [5.74, 6) is -0.777. The van der Waals surface area contributed by atoms with Crippen molar-refractivity contribution in [3.8, 4) is 5.75 Å². The number of anilines is 1. The van der Waals surface area contributed by atoms with Crippen molar-refractivity contribution in [3.63, 3.8) is 0 Å². The number of primary amides is 1. The number of nitrogens with two attached hydrogens (primary N) is 1. The molecule has 0 unspecified atom stereocenters. The number of amides is 2. The van der Waals surface area contributed by atoms with Gasteiger partial charge >= 0.3 is 0 Å². The van der Waals surface area contributed by atoms with Gasteiger partial charge in [-0.25, -0.2) is 0 Å². The molecule has 7 heteroatoms. The van der Waals surface area contributed by atoms with Crippen molar-refractivity contribution in [1.82, 2.24) is 0 Å². The molecule has 7 nitrogen and oxygen atoms in total. The van der Waals surface area contributed by atoms with Gasteiger partial charge in [-0.15, -0.1) is 0 Å². The fraction of sp³-hybridized carbons (Fsp3) is 0.0556. The maximum absolute atomic E-state index is 12.3. The van der Waals surface area contributed by atoms with Crippen LogP contribution in [0.5, 0.6) is 5.75 Å². The number of hydrogen-bond acceptors (Lipinski definition) is 5. The molecule has 0 radical (unpaired) electrons. The van der Waals surface area contributed by atoms with Crippen LogP contribution in [0.25, 0.3) is 11.0 Å². The van der Waals surface area contributed by atoms with Crippen LogP contribution in [0.15, 0.2) is 57.7 Å². The van der Waals surface area contributed by atoms with E-state index >= 15 is 0 Å². The minimum absolute atomic E-state index is 0.135. The van der Waals surface area contributed by atoms with Crippen LogP contribution >= 0.6 is 0 Å². The van der Waals surface area contributed by atoms with Gasteiger partial charge in [0.2, 0.25) is 5.91 Å². The second-order valence-corrected chi connectivity index (χ2v) is 5.23. The molecule has 126 valence electrons. The lowest BCUT2D eigenvalue weighted by atomic mass is 10.2. The Morgan fingerprint density at radius 2 is 1.80 bits per heavy atom. The molecule has 0 aliphatic heterocycles. The highest BCUT2D eigenvalue weighted by molar-refractivity contribution is 6.03. The van der Waals surface area contributed by atoms with E-state index < -0.39 is 11.8 Å². The van der Waals surface area contributed by atoms with Gasteiger partial charge in [0.25, 0.3) is 5.91 Å². The number of carbonyl (C=O) groups is 2. The standard InChI is InChI=1S/C18H14N2O5/c1-24-12-6-7-13-14(21)9-16(25-15(13)8-12)18(23)20-11-4-2-10(3-5-11)17(19)22/h2-9H,1H3,(H2,19,22)(H,20,23). The van der Waals surface area contributed by atoms with Crippen molar-refractivity contribution < 1.29 is 18.7 Å². The summed E-state index contributed by atoms with van der Waals surface area (Å²) >= 11 is 0. The van der Waals surface area contributed by atoms with Crippen LogP contribution in [0.4, 0.5) is 5.69 Å². The maximum Gasteiger partial charge on any atom is 0.291 e. The molecule has 0 bridgehead atoms. The molecular formula is C18H14N2O5. The van der Waals surface area contributed by atoms with Crippen molar-refractivity contribution in [3.05, 3.63) is 70.1 Å². The molecule has 0 atom stereocenters. The molecule has 0 saturated heterocycles. The van der Waals surface area contributed by atoms with Crippen LogP contribution in [0.3, 0.4) is 0 Å². The van der Waals surface area contributed by atoms with Gasteiger partial charge in [-0.2, -0.15) is 0 Å². The Balaban J connectivity index is 1.91. The van der Waals surface area contributed by atoms with E-state index in [0.717, 1.165) is 6.07 Å². The Bertz CT molecular complexity index is 1020. The van der Waals surface area contributed by atoms with E-state index in [9.17, 15) is 14.4 Å². The predicted molar refractivity (Wildman–Crippen MR) is 91.9 cm³/mol. The third kappa shape index (κ3) is 3.35.